The number of hydrogen-bond donors (Lipinski definition) is 0. The molecular weight excluding hydrogens is 337 g/mol. The molecule has 1 amide bonds. The highest BCUT2D eigenvalue weighted by Gasteiger charge is 2.30. The Morgan fingerprint density at radius 3 is 2.71 bits per heavy atom. The number of fused-ring (bicyclic) bond motifs is 1. The van der Waals surface area contributed by atoms with Crippen molar-refractivity contribution >= 4 is 35.2 Å². The molecular formula is C17H10ClFNO4-. The van der Waals surface area contributed by atoms with Crippen LogP contribution in [0.5, 0.6) is 5.75 Å². The molecule has 0 fully saturated rings. The number of amides is 1. The Bertz CT molecular complexity index is 845. The normalized spacial score (nSPS) is 15.2. The molecule has 0 saturated carbocycles. The molecule has 0 aliphatic carbocycles. The molecule has 0 unspecified atom stereocenters. The van der Waals surface area contributed by atoms with Gasteiger partial charge in [0.15, 0.2) is 11.5 Å². The maximum absolute atomic E-state index is 13.9. The lowest BCUT2D eigenvalue weighted by molar-refractivity contribution is -0.303. The fourth-order valence-electron chi connectivity index (χ4n) is 2.33. The van der Waals surface area contributed by atoms with Crippen LogP contribution < -0.4 is 14.7 Å². The van der Waals surface area contributed by atoms with Crippen LogP contribution in [0.25, 0.3) is 6.08 Å². The minimum atomic E-state index is -1.43. The maximum atomic E-state index is 13.9. The van der Waals surface area contributed by atoms with E-state index in [0.717, 1.165) is 11.0 Å². The van der Waals surface area contributed by atoms with Crippen molar-refractivity contribution < 1.29 is 23.8 Å². The number of para-hydroxylation sites is 2. The van der Waals surface area contributed by atoms with Crippen LogP contribution in [0.2, 0.25) is 5.02 Å². The average Bonchev–Trinajstić information content (AvgIpc) is 2.54. The predicted octanol–water partition coefficient (Wildman–Crippen LogP) is 2.00. The predicted molar refractivity (Wildman–Crippen MR) is 83.8 cm³/mol. The summed E-state index contributed by atoms with van der Waals surface area (Å²) in [6.07, 6.45) is 1.15. The van der Waals surface area contributed by atoms with E-state index in [1.165, 1.54) is 18.2 Å². The van der Waals surface area contributed by atoms with Crippen LogP contribution in [0.15, 0.2) is 48.2 Å². The van der Waals surface area contributed by atoms with Gasteiger partial charge in [-0.1, -0.05) is 29.8 Å². The van der Waals surface area contributed by atoms with E-state index >= 15 is 0 Å². The van der Waals surface area contributed by atoms with Gasteiger partial charge in [0.25, 0.3) is 5.91 Å². The molecule has 2 aromatic rings. The number of nitrogens with zero attached hydrogens (tertiary/aromatic N) is 1. The van der Waals surface area contributed by atoms with Crippen molar-refractivity contribution in [1.29, 1.82) is 0 Å². The van der Waals surface area contributed by atoms with E-state index in [4.69, 9.17) is 16.3 Å². The highest BCUT2D eigenvalue weighted by molar-refractivity contribution is 6.32. The van der Waals surface area contributed by atoms with Gasteiger partial charge in [-0.3, -0.25) is 9.69 Å². The molecule has 1 aliphatic rings. The van der Waals surface area contributed by atoms with Crippen LogP contribution in [0.3, 0.4) is 0 Å². The molecule has 0 radical (unpaired) electrons. The number of carbonyl (C=O) groups is 2. The van der Waals surface area contributed by atoms with Gasteiger partial charge < -0.3 is 14.6 Å². The first-order chi connectivity index (χ1) is 11.5. The second-order valence-electron chi connectivity index (χ2n) is 4.98. The van der Waals surface area contributed by atoms with E-state index in [2.05, 4.69) is 0 Å². The summed E-state index contributed by atoms with van der Waals surface area (Å²) in [6.45, 7) is -0.651. The molecule has 1 heterocycles. The Labute approximate surface area is 141 Å². The van der Waals surface area contributed by atoms with Gasteiger partial charge in [0, 0.05) is 5.56 Å². The van der Waals surface area contributed by atoms with Gasteiger partial charge in [0.2, 0.25) is 0 Å². The number of carboxylic acids is 1. The summed E-state index contributed by atoms with van der Waals surface area (Å²) in [4.78, 5) is 24.5. The molecule has 0 saturated heterocycles. The lowest BCUT2D eigenvalue weighted by Gasteiger charge is -2.30. The number of carboxylic acid groups (broad SMARTS) is 1. The number of hydrogen-bond acceptors (Lipinski definition) is 4. The lowest BCUT2D eigenvalue weighted by Crippen LogP contribution is -2.44. The second-order valence-corrected chi connectivity index (χ2v) is 5.38. The Morgan fingerprint density at radius 1 is 1.25 bits per heavy atom. The third-order valence-corrected chi connectivity index (χ3v) is 3.72. The molecule has 3 rings (SSSR count). The van der Waals surface area contributed by atoms with Gasteiger partial charge in [0.1, 0.15) is 5.82 Å². The summed E-state index contributed by atoms with van der Waals surface area (Å²) in [5.74, 6) is -2.74. The topological polar surface area (TPSA) is 69.7 Å². The fraction of sp³-hybridized carbons (Fsp3) is 0.0588. The summed E-state index contributed by atoms with van der Waals surface area (Å²) < 4.78 is 19.4. The molecule has 5 nitrogen and oxygen atoms in total. The fourth-order valence-corrected chi connectivity index (χ4v) is 2.55. The van der Waals surface area contributed by atoms with Gasteiger partial charge in [-0.05, 0) is 30.3 Å². The minimum absolute atomic E-state index is 0.0182. The molecule has 0 aromatic heterocycles. The molecule has 0 atom stereocenters. The van der Waals surface area contributed by atoms with Crippen LogP contribution in [0.4, 0.5) is 10.1 Å². The van der Waals surface area contributed by atoms with Gasteiger partial charge in [0.05, 0.1) is 23.2 Å². The highest BCUT2D eigenvalue weighted by Crippen LogP contribution is 2.36. The van der Waals surface area contributed by atoms with Crippen molar-refractivity contribution in [2.75, 3.05) is 11.4 Å². The maximum Gasteiger partial charge on any atom is 0.294 e. The van der Waals surface area contributed by atoms with E-state index < -0.39 is 24.2 Å². The van der Waals surface area contributed by atoms with Crippen LogP contribution >= 0.6 is 11.6 Å². The van der Waals surface area contributed by atoms with E-state index in [1.807, 2.05) is 0 Å². The number of aliphatic carboxylic acids is 1. The van der Waals surface area contributed by atoms with E-state index in [0.29, 0.717) is 5.69 Å². The van der Waals surface area contributed by atoms with Crippen LogP contribution in [0.1, 0.15) is 5.56 Å². The summed E-state index contributed by atoms with van der Waals surface area (Å²) >= 11 is 5.95. The number of carbonyl (C=O) groups excluding carboxylic acids is 2. The lowest BCUT2D eigenvalue weighted by atomic mass is 10.1. The summed E-state index contributed by atoms with van der Waals surface area (Å²) in [5, 5.41) is 11.1. The van der Waals surface area contributed by atoms with Crippen molar-refractivity contribution in [2.24, 2.45) is 0 Å². The first-order valence-electron chi connectivity index (χ1n) is 6.91. The summed E-state index contributed by atoms with van der Waals surface area (Å²) in [5.41, 5.74) is 0.277. The molecule has 122 valence electrons. The molecule has 2 aromatic carbocycles. The number of ether oxygens (including phenoxy) is 1. The number of halogens is 2. The Hall–Kier alpha value is -2.86. The van der Waals surface area contributed by atoms with Crippen molar-refractivity contribution in [1.82, 2.24) is 0 Å². The number of benzene rings is 2. The standard InChI is InChI=1S/C17H11ClFNO4/c18-11-4-3-5-12(19)10(11)8-15-17(23)20(9-16(21)22)13-6-1-2-7-14(13)24-15/h1-8H,9H2,(H,21,22)/p-1. The quantitative estimate of drug-likeness (QED) is 0.797. The zero-order valence-electron chi connectivity index (χ0n) is 12.2. The van der Waals surface area contributed by atoms with Crippen LogP contribution in [-0.4, -0.2) is 18.4 Å². The van der Waals surface area contributed by atoms with Crippen molar-refractivity contribution in [2.45, 2.75) is 0 Å². The first kappa shape index (κ1) is 16.0. The van der Waals surface area contributed by atoms with E-state index in [1.54, 1.807) is 24.3 Å². The molecule has 1 aliphatic heterocycles. The monoisotopic (exact) mass is 346 g/mol. The largest absolute Gasteiger partial charge is 0.548 e. The van der Waals surface area contributed by atoms with Gasteiger partial charge in [-0.25, -0.2) is 4.39 Å². The Morgan fingerprint density at radius 2 is 2.00 bits per heavy atom. The summed E-state index contributed by atoms with van der Waals surface area (Å²) in [7, 11) is 0. The highest BCUT2D eigenvalue weighted by atomic mass is 35.5. The number of anilines is 1. The SMILES string of the molecule is O=C([O-])CN1C(=O)C(=Cc2c(F)cccc2Cl)Oc2ccccc21. The van der Waals surface area contributed by atoms with Crippen molar-refractivity contribution in [3.63, 3.8) is 0 Å². The molecule has 7 heteroatoms. The minimum Gasteiger partial charge on any atom is -0.548 e. The van der Waals surface area contributed by atoms with E-state index in [9.17, 15) is 19.1 Å². The molecule has 0 N–H and O–H groups in total. The smallest absolute Gasteiger partial charge is 0.294 e. The zero-order valence-corrected chi connectivity index (χ0v) is 12.9. The van der Waals surface area contributed by atoms with E-state index in [-0.39, 0.29) is 22.1 Å². The first-order valence-corrected chi connectivity index (χ1v) is 7.29. The third kappa shape index (κ3) is 2.96. The molecule has 0 spiro atoms. The summed E-state index contributed by atoms with van der Waals surface area (Å²) in [6, 6.07) is 10.5. The van der Waals surface area contributed by atoms with Crippen LogP contribution in [0, 0.1) is 5.82 Å². The zero-order chi connectivity index (χ0) is 17.3. The van der Waals surface area contributed by atoms with Gasteiger partial charge in [-0.15, -0.1) is 0 Å². The Balaban J connectivity index is 2.09. The molecule has 24 heavy (non-hydrogen) atoms. The van der Waals surface area contributed by atoms with Gasteiger partial charge in [-0.2, -0.15) is 0 Å². The third-order valence-electron chi connectivity index (χ3n) is 3.39. The molecule has 0 bridgehead atoms. The number of rotatable bonds is 3. The van der Waals surface area contributed by atoms with Crippen molar-refractivity contribution in [3.05, 3.63) is 64.6 Å². The van der Waals surface area contributed by atoms with Crippen molar-refractivity contribution in [3.8, 4) is 5.75 Å². The average molecular weight is 347 g/mol. The van der Waals surface area contributed by atoms with Gasteiger partial charge >= 0.3 is 0 Å². The van der Waals surface area contributed by atoms with Crippen LogP contribution in [-0.2, 0) is 9.59 Å². The Kier molecular flexibility index (Phi) is 4.22. The second kappa shape index (κ2) is 6.33.